The largest absolute Gasteiger partial charge is 0.328 e. The van der Waals surface area contributed by atoms with Crippen molar-refractivity contribution in [2.24, 2.45) is 14.1 Å². The number of halogens is 2. The summed E-state index contributed by atoms with van der Waals surface area (Å²) >= 11 is 8.16. The average Bonchev–Trinajstić information content (AvgIpc) is 2.92. The smallest absolute Gasteiger partial charge is 0.295 e. The van der Waals surface area contributed by atoms with Crippen molar-refractivity contribution in [1.29, 1.82) is 0 Å². The molecule has 0 amide bonds. The third-order valence-electron chi connectivity index (χ3n) is 3.40. The number of rotatable bonds is 2. The highest BCUT2D eigenvalue weighted by molar-refractivity contribution is 9.13. The van der Waals surface area contributed by atoms with Crippen molar-refractivity contribution in [2.45, 2.75) is 0 Å². The number of carbonyl (C=O) groups is 1. The maximum atomic E-state index is 12.5. The summed E-state index contributed by atoms with van der Waals surface area (Å²) in [6, 6.07) is 7.12. The van der Waals surface area contributed by atoms with Crippen LogP contribution in [0.25, 0.3) is 11.0 Å². The third kappa shape index (κ3) is 2.33. The van der Waals surface area contributed by atoms with Gasteiger partial charge in [-0.3, -0.25) is 13.9 Å². The summed E-state index contributed by atoms with van der Waals surface area (Å²) in [5.74, 6) is -0.0513. The van der Waals surface area contributed by atoms with Gasteiger partial charge in [0.25, 0.3) is 0 Å². The van der Waals surface area contributed by atoms with Crippen LogP contribution in [0.1, 0.15) is 15.2 Å². The van der Waals surface area contributed by atoms with Crippen LogP contribution in [0.3, 0.4) is 0 Å². The summed E-state index contributed by atoms with van der Waals surface area (Å²) in [5.41, 5.74) is 2.04. The van der Waals surface area contributed by atoms with E-state index in [0.717, 1.165) is 19.3 Å². The molecule has 0 N–H and O–H groups in total. The van der Waals surface area contributed by atoms with Crippen molar-refractivity contribution in [3.63, 3.8) is 0 Å². The fourth-order valence-electron chi connectivity index (χ4n) is 2.25. The molecule has 0 aliphatic carbocycles. The van der Waals surface area contributed by atoms with Crippen molar-refractivity contribution >= 4 is 60.0 Å². The van der Waals surface area contributed by atoms with Crippen molar-refractivity contribution in [3.05, 3.63) is 53.4 Å². The van der Waals surface area contributed by atoms with E-state index in [2.05, 4.69) is 31.9 Å². The van der Waals surface area contributed by atoms with Crippen molar-refractivity contribution in [2.75, 3.05) is 0 Å². The number of carbonyl (C=O) groups excluding carboxylic acids is 1. The van der Waals surface area contributed by atoms with Gasteiger partial charge in [-0.2, -0.15) is 0 Å². The first-order valence-corrected chi connectivity index (χ1v) is 8.45. The van der Waals surface area contributed by atoms with Crippen LogP contribution < -0.4 is 5.69 Å². The van der Waals surface area contributed by atoms with Crippen molar-refractivity contribution < 1.29 is 4.79 Å². The molecule has 0 spiro atoms. The van der Waals surface area contributed by atoms with Gasteiger partial charge >= 0.3 is 5.69 Å². The molecule has 0 fully saturated rings. The van der Waals surface area contributed by atoms with E-state index in [1.54, 1.807) is 41.4 Å². The Bertz CT molecular complexity index is 917. The maximum Gasteiger partial charge on any atom is 0.328 e. The van der Waals surface area contributed by atoms with Crippen molar-refractivity contribution in [3.8, 4) is 0 Å². The van der Waals surface area contributed by atoms with Gasteiger partial charge in [-0.15, -0.1) is 11.3 Å². The number of hydrogen-bond acceptors (Lipinski definition) is 3. The average molecular weight is 430 g/mol. The summed E-state index contributed by atoms with van der Waals surface area (Å²) < 4.78 is 4.87. The molecule has 0 atom stereocenters. The number of fused-ring (bicyclic) bond motifs is 1. The minimum atomic E-state index is -0.101. The van der Waals surface area contributed by atoms with Gasteiger partial charge in [0.1, 0.15) is 0 Å². The Morgan fingerprint density at radius 1 is 1.10 bits per heavy atom. The number of aromatic nitrogens is 2. The fraction of sp³-hybridized carbons (Fsp3) is 0.143. The topological polar surface area (TPSA) is 44.0 Å². The van der Waals surface area contributed by atoms with Crippen LogP contribution in [0.15, 0.2) is 37.3 Å². The first kappa shape index (κ1) is 14.7. The predicted molar refractivity (Wildman–Crippen MR) is 91.3 cm³/mol. The molecule has 4 nitrogen and oxygen atoms in total. The molecule has 108 valence electrons. The fourth-order valence-corrected chi connectivity index (χ4v) is 4.25. The van der Waals surface area contributed by atoms with Gasteiger partial charge in [0, 0.05) is 24.1 Å². The lowest BCUT2D eigenvalue weighted by atomic mass is 10.1. The monoisotopic (exact) mass is 428 g/mol. The van der Waals surface area contributed by atoms with Crippen molar-refractivity contribution in [1.82, 2.24) is 9.13 Å². The minimum Gasteiger partial charge on any atom is -0.295 e. The molecular weight excluding hydrogens is 420 g/mol. The first-order chi connectivity index (χ1) is 9.90. The van der Waals surface area contributed by atoms with Gasteiger partial charge in [0.15, 0.2) is 0 Å². The minimum absolute atomic E-state index is 0.0513. The number of ketones is 1. The zero-order valence-electron chi connectivity index (χ0n) is 11.2. The van der Waals surface area contributed by atoms with Gasteiger partial charge in [0.2, 0.25) is 5.78 Å². The molecule has 0 radical (unpaired) electrons. The Morgan fingerprint density at radius 3 is 2.38 bits per heavy atom. The highest BCUT2D eigenvalue weighted by atomic mass is 79.9. The van der Waals surface area contributed by atoms with E-state index in [-0.39, 0.29) is 11.5 Å². The Labute approximate surface area is 141 Å². The molecule has 0 aliphatic rings. The molecule has 1 aromatic carbocycles. The Hall–Kier alpha value is -1.18. The summed E-state index contributed by atoms with van der Waals surface area (Å²) in [6.45, 7) is 0. The number of hydrogen-bond donors (Lipinski definition) is 0. The molecule has 0 unspecified atom stereocenters. The zero-order valence-corrected chi connectivity index (χ0v) is 15.2. The summed E-state index contributed by atoms with van der Waals surface area (Å²) in [4.78, 5) is 25.1. The molecule has 21 heavy (non-hydrogen) atoms. The number of imidazole rings is 1. The second-order valence-electron chi connectivity index (χ2n) is 4.67. The number of aryl methyl sites for hydroxylation is 2. The van der Waals surface area contributed by atoms with Crippen LogP contribution >= 0.6 is 43.2 Å². The molecule has 0 aliphatic heterocycles. The molecule has 3 aromatic rings. The maximum absolute atomic E-state index is 12.5. The number of thiophene rings is 1. The summed E-state index contributed by atoms with van der Waals surface area (Å²) in [5, 5.41) is 0. The molecule has 2 heterocycles. The molecule has 0 bridgehead atoms. The molecule has 3 rings (SSSR count). The van der Waals surface area contributed by atoms with Gasteiger partial charge < -0.3 is 0 Å². The van der Waals surface area contributed by atoms with Gasteiger partial charge in [-0.05, 0) is 56.1 Å². The Balaban J connectivity index is 2.15. The number of nitrogens with zero attached hydrogens (tertiary/aromatic N) is 2. The van der Waals surface area contributed by atoms with E-state index in [1.165, 1.54) is 11.3 Å². The normalized spacial score (nSPS) is 11.2. The van der Waals surface area contributed by atoms with Gasteiger partial charge in [0.05, 0.1) is 19.7 Å². The Kier molecular flexibility index (Phi) is 3.67. The Morgan fingerprint density at radius 2 is 1.76 bits per heavy atom. The summed E-state index contributed by atoms with van der Waals surface area (Å²) in [6.07, 6.45) is 0. The van der Waals surface area contributed by atoms with Gasteiger partial charge in [-0.25, -0.2) is 4.79 Å². The van der Waals surface area contributed by atoms with Crippen LogP contribution in [0.2, 0.25) is 0 Å². The second kappa shape index (κ2) is 5.23. The molecule has 0 saturated carbocycles. The lowest BCUT2D eigenvalue weighted by Crippen LogP contribution is -2.19. The highest BCUT2D eigenvalue weighted by Gasteiger charge is 2.16. The number of benzene rings is 1. The molecule has 0 saturated heterocycles. The predicted octanol–water partition coefficient (Wildman–Crippen LogP) is 3.69. The molecule has 2 aromatic heterocycles. The van der Waals surface area contributed by atoms with E-state index >= 15 is 0 Å². The third-order valence-corrected chi connectivity index (χ3v) is 6.66. The van der Waals surface area contributed by atoms with Crippen LogP contribution in [0.5, 0.6) is 0 Å². The lowest BCUT2D eigenvalue weighted by molar-refractivity contribution is 0.104. The van der Waals surface area contributed by atoms with E-state index < -0.39 is 0 Å². The molecular formula is C14H10Br2N2O2S. The van der Waals surface area contributed by atoms with Gasteiger partial charge in [-0.1, -0.05) is 0 Å². The molecule has 7 heteroatoms. The SMILES string of the molecule is Cn1c(=O)n(C)c2cc(C(=O)c3cc(Br)c(Br)s3)ccc21. The zero-order chi connectivity index (χ0) is 15.3. The van der Waals surface area contributed by atoms with E-state index in [4.69, 9.17) is 0 Å². The second-order valence-corrected chi connectivity index (χ2v) is 7.89. The van der Waals surface area contributed by atoms with Crippen LogP contribution in [-0.4, -0.2) is 14.9 Å². The van der Waals surface area contributed by atoms with E-state index in [0.29, 0.717) is 10.4 Å². The highest BCUT2D eigenvalue weighted by Crippen LogP contribution is 2.33. The lowest BCUT2D eigenvalue weighted by Gasteiger charge is -2.00. The first-order valence-electron chi connectivity index (χ1n) is 6.05. The summed E-state index contributed by atoms with van der Waals surface area (Å²) in [7, 11) is 3.43. The van der Waals surface area contributed by atoms with E-state index in [1.807, 2.05) is 6.07 Å². The van der Waals surface area contributed by atoms with Crippen LogP contribution in [0, 0.1) is 0 Å². The van der Waals surface area contributed by atoms with Crippen LogP contribution in [-0.2, 0) is 14.1 Å². The van der Waals surface area contributed by atoms with E-state index in [9.17, 15) is 9.59 Å². The van der Waals surface area contributed by atoms with Crippen LogP contribution in [0.4, 0.5) is 0 Å². The quantitative estimate of drug-likeness (QED) is 0.583. The standard InChI is InChI=1S/C14H10Br2N2O2S/c1-17-9-4-3-7(5-10(9)18(2)14(17)20)12(19)11-6-8(15)13(16)21-11/h3-6H,1-2H3.